The number of carbonyl (C=O) groups is 2. The molecule has 4 heteroatoms. The van der Waals surface area contributed by atoms with E-state index in [9.17, 15) is 9.59 Å². The van der Waals surface area contributed by atoms with Crippen LogP contribution in [0.3, 0.4) is 0 Å². The van der Waals surface area contributed by atoms with Crippen molar-refractivity contribution >= 4 is 11.9 Å². The Bertz CT molecular complexity index is 398. The van der Waals surface area contributed by atoms with Crippen molar-refractivity contribution in [2.45, 2.75) is 26.3 Å². The van der Waals surface area contributed by atoms with E-state index >= 15 is 0 Å². The lowest BCUT2D eigenvalue weighted by Gasteiger charge is -2.11. The zero-order valence-corrected chi connectivity index (χ0v) is 10.3. The Morgan fingerprint density at radius 3 is 2.24 bits per heavy atom. The van der Waals surface area contributed by atoms with Crippen molar-refractivity contribution in [2.75, 3.05) is 7.11 Å². The van der Waals surface area contributed by atoms with Crippen LogP contribution in [-0.4, -0.2) is 25.0 Å². The quantitative estimate of drug-likeness (QED) is 0.812. The fraction of sp³-hybridized carbons (Fsp3) is 0.385. The van der Waals surface area contributed by atoms with Gasteiger partial charge in [-0.1, -0.05) is 6.92 Å². The van der Waals surface area contributed by atoms with Crippen molar-refractivity contribution in [3.63, 3.8) is 0 Å². The number of methoxy groups -OCH3 is 1. The molecule has 1 N–H and O–H groups in total. The fourth-order valence-electron chi connectivity index (χ4n) is 1.28. The average Bonchev–Trinajstić information content (AvgIpc) is 2.37. The first-order valence-corrected chi connectivity index (χ1v) is 5.57. The Balaban J connectivity index is 2.74. The number of carbonyl (C=O) groups excluding carboxylic acids is 2. The van der Waals surface area contributed by atoms with Crippen LogP contribution in [0.2, 0.25) is 0 Å². The maximum absolute atomic E-state index is 11.7. The van der Waals surface area contributed by atoms with Crippen LogP contribution in [0.25, 0.3) is 0 Å². The van der Waals surface area contributed by atoms with Gasteiger partial charge >= 0.3 is 5.97 Å². The van der Waals surface area contributed by atoms with E-state index in [4.69, 9.17) is 0 Å². The molecular formula is C13H17NO3. The molecule has 0 heterocycles. The molecule has 0 aliphatic rings. The topological polar surface area (TPSA) is 55.4 Å². The number of hydrogen-bond donors (Lipinski definition) is 1. The van der Waals surface area contributed by atoms with Crippen LogP contribution in [0, 0.1) is 0 Å². The van der Waals surface area contributed by atoms with Gasteiger partial charge in [0.25, 0.3) is 5.91 Å². The molecule has 1 aromatic carbocycles. The highest BCUT2D eigenvalue weighted by Gasteiger charge is 2.10. The summed E-state index contributed by atoms with van der Waals surface area (Å²) in [5.74, 6) is -0.533. The predicted octanol–water partition coefficient (Wildman–Crippen LogP) is 2.00. The second-order valence-electron chi connectivity index (χ2n) is 3.85. The first-order chi connectivity index (χ1) is 8.08. The maximum atomic E-state index is 11.7. The summed E-state index contributed by atoms with van der Waals surface area (Å²) in [4.78, 5) is 22.9. The average molecular weight is 235 g/mol. The molecule has 17 heavy (non-hydrogen) atoms. The first-order valence-electron chi connectivity index (χ1n) is 5.57. The zero-order chi connectivity index (χ0) is 12.8. The second-order valence-corrected chi connectivity index (χ2v) is 3.85. The molecule has 0 aliphatic carbocycles. The minimum atomic E-state index is -0.404. The summed E-state index contributed by atoms with van der Waals surface area (Å²) in [6.45, 7) is 3.95. The van der Waals surface area contributed by atoms with Gasteiger partial charge in [-0.3, -0.25) is 4.79 Å². The first kappa shape index (κ1) is 13.2. The smallest absolute Gasteiger partial charge is 0.337 e. The van der Waals surface area contributed by atoms with E-state index < -0.39 is 5.97 Å². The van der Waals surface area contributed by atoms with Crippen LogP contribution >= 0.6 is 0 Å². The molecule has 1 aromatic rings. The molecule has 1 atom stereocenters. The highest BCUT2D eigenvalue weighted by atomic mass is 16.5. The maximum Gasteiger partial charge on any atom is 0.337 e. The Morgan fingerprint density at radius 2 is 1.76 bits per heavy atom. The SMILES string of the molecule is CC[C@H](C)NC(=O)c1ccc(C(=O)OC)cc1. The molecule has 4 nitrogen and oxygen atoms in total. The molecule has 0 bridgehead atoms. The van der Waals surface area contributed by atoms with Crippen molar-refractivity contribution in [3.05, 3.63) is 35.4 Å². The molecule has 1 rings (SSSR count). The summed E-state index contributed by atoms with van der Waals surface area (Å²) in [6, 6.07) is 6.53. The molecule has 1 amide bonds. The van der Waals surface area contributed by atoms with Gasteiger partial charge in [0.1, 0.15) is 0 Å². The van der Waals surface area contributed by atoms with Gasteiger partial charge in [-0.05, 0) is 37.6 Å². The Morgan fingerprint density at radius 1 is 1.24 bits per heavy atom. The molecule has 0 fully saturated rings. The monoisotopic (exact) mass is 235 g/mol. The van der Waals surface area contributed by atoms with E-state index in [0.717, 1.165) is 6.42 Å². The third-order valence-electron chi connectivity index (χ3n) is 2.56. The molecule has 0 radical (unpaired) electrons. The number of ether oxygens (including phenoxy) is 1. The highest BCUT2D eigenvalue weighted by Crippen LogP contribution is 2.06. The molecular weight excluding hydrogens is 218 g/mol. The minimum absolute atomic E-state index is 0.129. The number of amides is 1. The van der Waals surface area contributed by atoms with Crippen molar-refractivity contribution < 1.29 is 14.3 Å². The molecule has 0 aliphatic heterocycles. The Kier molecular flexibility index (Phi) is 4.69. The summed E-state index contributed by atoms with van der Waals surface area (Å²) in [5, 5.41) is 2.85. The zero-order valence-electron chi connectivity index (χ0n) is 10.3. The fourth-order valence-corrected chi connectivity index (χ4v) is 1.28. The standard InChI is InChI=1S/C13H17NO3/c1-4-9(2)14-12(15)10-5-7-11(8-6-10)13(16)17-3/h5-9H,4H2,1-3H3,(H,14,15)/t9-/m0/s1. The summed E-state index contributed by atoms with van der Waals surface area (Å²) in [5.41, 5.74) is 0.977. The molecule has 0 saturated heterocycles. The number of esters is 1. The van der Waals surface area contributed by atoms with Crippen LogP contribution in [0.4, 0.5) is 0 Å². The van der Waals surface area contributed by atoms with Gasteiger partial charge < -0.3 is 10.1 Å². The van der Waals surface area contributed by atoms with Gasteiger partial charge in [-0.25, -0.2) is 4.79 Å². The summed E-state index contributed by atoms with van der Waals surface area (Å²) in [6.07, 6.45) is 0.881. The molecule has 0 unspecified atom stereocenters. The third-order valence-corrected chi connectivity index (χ3v) is 2.56. The summed E-state index contributed by atoms with van der Waals surface area (Å²) >= 11 is 0. The lowest BCUT2D eigenvalue weighted by molar-refractivity contribution is 0.0600. The van der Waals surface area contributed by atoms with Crippen molar-refractivity contribution in [1.82, 2.24) is 5.32 Å². The number of benzene rings is 1. The van der Waals surface area contributed by atoms with Crippen LogP contribution in [0.5, 0.6) is 0 Å². The van der Waals surface area contributed by atoms with E-state index in [2.05, 4.69) is 10.1 Å². The number of rotatable bonds is 4. The number of nitrogens with one attached hydrogen (secondary N) is 1. The van der Waals surface area contributed by atoms with Crippen LogP contribution in [0.15, 0.2) is 24.3 Å². The molecule has 0 saturated carbocycles. The van der Waals surface area contributed by atoms with E-state index in [-0.39, 0.29) is 11.9 Å². The van der Waals surface area contributed by atoms with E-state index in [1.54, 1.807) is 24.3 Å². The number of hydrogen-bond acceptors (Lipinski definition) is 3. The van der Waals surface area contributed by atoms with Crippen LogP contribution < -0.4 is 5.32 Å². The molecule has 92 valence electrons. The van der Waals surface area contributed by atoms with Crippen LogP contribution in [0.1, 0.15) is 41.0 Å². The minimum Gasteiger partial charge on any atom is -0.465 e. The van der Waals surface area contributed by atoms with Gasteiger partial charge in [-0.15, -0.1) is 0 Å². The molecule has 0 spiro atoms. The third kappa shape index (κ3) is 3.59. The van der Waals surface area contributed by atoms with Crippen molar-refractivity contribution in [3.8, 4) is 0 Å². The van der Waals surface area contributed by atoms with Gasteiger partial charge in [0, 0.05) is 11.6 Å². The normalized spacial score (nSPS) is 11.7. The van der Waals surface area contributed by atoms with Gasteiger partial charge in [0.15, 0.2) is 0 Å². The van der Waals surface area contributed by atoms with Gasteiger partial charge in [-0.2, -0.15) is 0 Å². The lowest BCUT2D eigenvalue weighted by Crippen LogP contribution is -2.31. The Labute approximate surface area is 101 Å². The summed E-state index contributed by atoms with van der Waals surface area (Å²) < 4.78 is 4.58. The molecule has 0 aromatic heterocycles. The van der Waals surface area contributed by atoms with E-state index in [1.807, 2.05) is 13.8 Å². The van der Waals surface area contributed by atoms with E-state index in [0.29, 0.717) is 11.1 Å². The van der Waals surface area contributed by atoms with Gasteiger partial charge in [0.2, 0.25) is 0 Å². The highest BCUT2D eigenvalue weighted by molar-refractivity contribution is 5.96. The van der Waals surface area contributed by atoms with E-state index in [1.165, 1.54) is 7.11 Å². The predicted molar refractivity (Wildman–Crippen MR) is 65.0 cm³/mol. The summed E-state index contributed by atoms with van der Waals surface area (Å²) in [7, 11) is 1.33. The second kappa shape index (κ2) is 6.03. The Hall–Kier alpha value is -1.84. The largest absolute Gasteiger partial charge is 0.465 e. The lowest BCUT2D eigenvalue weighted by atomic mass is 10.1. The van der Waals surface area contributed by atoms with Crippen molar-refractivity contribution in [2.24, 2.45) is 0 Å². The van der Waals surface area contributed by atoms with Crippen LogP contribution in [-0.2, 0) is 4.74 Å². The van der Waals surface area contributed by atoms with Gasteiger partial charge in [0.05, 0.1) is 12.7 Å². The van der Waals surface area contributed by atoms with Crippen molar-refractivity contribution in [1.29, 1.82) is 0 Å².